The molecule has 0 saturated heterocycles. The molecule has 29 heavy (non-hydrogen) atoms. The second-order valence-electron chi connectivity index (χ2n) is 6.74. The molecule has 0 bridgehead atoms. The summed E-state index contributed by atoms with van der Waals surface area (Å²) in [4.78, 5) is 9.03. The summed E-state index contributed by atoms with van der Waals surface area (Å²) in [7, 11) is 0. The first-order chi connectivity index (χ1) is 14.3. The van der Waals surface area contributed by atoms with E-state index in [1.54, 1.807) is 6.20 Å². The van der Waals surface area contributed by atoms with Crippen molar-refractivity contribution < 1.29 is 4.42 Å². The van der Waals surface area contributed by atoms with Gasteiger partial charge in [0, 0.05) is 22.5 Å². The number of fused-ring (bicyclic) bond motifs is 2. The second-order valence-corrected chi connectivity index (χ2v) is 6.74. The summed E-state index contributed by atoms with van der Waals surface area (Å²) in [6.07, 6.45) is 2.13. The molecule has 2 heterocycles. The van der Waals surface area contributed by atoms with E-state index in [0.29, 0.717) is 12.4 Å². The molecule has 1 N–H and O–H groups in total. The fraction of sp³-hybridized carbons (Fsp3) is 0.0417. The van der Waals surface area contributed by atoms with Gasteiger partial charge < -0.3 is 9.73 Å². The Morgan fingerprint density at radius 1 is 0.931 bits per heavy atom. The molecule has 0 unspecified atom stereocenters. The highest BCUT2D eigenvalue weighted by Crippen LogP contribution is 2.35. The van der Waals surface area contributed by atoms with Gasteiger partial charge >= 0.3 is 0 Å². The van der Waals surface area contributed by atoms with Gasteiger partial charge in [-0.1, -0.05) is 42.5 Å². The number of anilines is 2. The zero-order chi connectivity index (χ0) is 19.6. The smallest absolute Gasteiger partial charge is 0.227 e. The zero-order valence-corrected chi connectivity index (χ0v) is 15.5. The highest BCUT2D eigenvalue weighted by Gasteiger charge is 2.13. The third kappa shape index (κ3) is 3.28. The number of nitrogens with zero attached hydrogens (tertiary/aromatic N) is 3. The Balaban J connectivity index is 1.60. The van der Waals surface area contributed by atoms with Gasteiger partial charge in [0.25, 0.3) is 0 Å². The number of furan rings is 1. The van der Waals surface area contributed by atoms with Crippen molar-refractivity contribution >= 4 is 33.5 Å². The van der Waals surface area contributed by atoms with Crippen molar-refractivity contribution in [3.05, 3.63) is 84.6 Å². The number of benzene rings is 3. The molecule has 5 rings (SSSR count). The van der Waals surface area contributed by atoms with Crippen LogP contribution in [-0.2, 0) is 6.42 Å². The first kappa shape index (κ1) is 17.0. The number of para-hydroxylation sites is 2. The Bertz CT molecular complexity index is 1350. The minimum Gasteiger partial charge on any atom is -0.456 e. The van der Waals surface area contributed by atoms with E-state index < -0.39 is 0 Å². The zero-order valence-electron chi connectivity index (χ0n) is 15.5. The van der Waals surface area contributed by atoms with Crippen molar-refractivity contribution in [3.63, 3.8) is 0 Å². The third-order valence-electron chi connectivity index (χ3n) is 4.79. The van der Waals surface area contributed by atoms with Crippen LogP contribution in [0.4, 0.5) is 11.6 Å². The summed E-state index contributed by atoms with van der Waals surface area (Å²) in [6.45, 7) is 0. The lowest BCUT2D eigenvalue weighted by molar-refractivity contribution is 0.632. The molecule has 3 aromatic carbocycles. The largest absolute Gasteiger partial charge is 0.456 e. The fourth-order valence-electron chi connectivity index (χ4n) is 3.37. The van der Waals surface area contributed by atoms with E-state index in [0.717, 1.165) is 44.4 Å². The number of aromatic nitrogens is 2. The van der Waals surface area contributed by atoms with Gasteiger partial charge in [-0.3, -0.25) is 0 Å². The highest BCUT2D eigenvalue weighted by molar-refractivity contribution is 5.87. The van der Waals surface area contributed by atoms with Crippen LogP contribution in [0.5, 0.6) is 0 Å². The molecule has 5 aromatic rings. The van der Waals surface area contributed by atoms with E-state index in [1.807, 2.05) is 72.8 Å². The molecule has 0 aliphatic heterocycles. The van der Waals surface area contributed by atoms with Gasteiger partial charge in [0.1, 0.15) is 11.3 Å². The summed E-state index contributed by atoms with van der Waals surface area (Å²) >= 11 is 0. The Hall–Kier alpha value is -4.17. The van der Waals surface area contributed by atoms with Gasteiger partial charge in [-0.05, 0) is 35.9 Å². The van der Waals surface area contributed by atoms with E-state index in [2.05, 4.69) is 21.4 Å². The Morgan fingerprint density at radius 2 is 1.76 bits per heavy atom. The number of rotatable bonds is 4. The Kier molecular flexibility index (Phi) is 4.15. The lowest BCUT2D eigenvalue weighted by Crippen LogP contribution is -1.99. The quantitative estimate of drug-likeness (QED) is 0.426. The maximum Gasteiger partial charge on any atom is 0.227 e. The molecule has 5 nitrogen and oxygen atoms in total. The minimum atomic E-state index is 0.333. The van der Waals surface area contributed by atoms with Crippen molar-refractivity contribution in [1.82, 2.24) is 9.97 Å². The molecular formula is C24H16N4O. The summed E-state index contributed by atoms with van der Waals surface area (Å²) in [5.41, 5.74) is 4.30. The van der Waals surface area contributed by atoms with Crippen LogP contribution in [0.25, 0.3) is 33.2 Å². The Labute approximate surface area is 167 Å². The van der Waals surface area contributed by atoms with Crippen molar-refractivity contribution in [2.75, 3.05) is 5.32 Å². The third-order valence-corrected chi connectivity index (χ3v) is 4.79. The molecular weight excluding hydrogens is 360 g/mol. The molecule has 0 aliphatic rings. The minimum absolute atomic E-state index is 0.333. The standard InChI is InChI=1S/C24H16N4O/c25-12-11-16-9-10-21(28-24-26-15-18-6-1-3-7-20(18)27-24)19(13-16)23-14-17-5-2-4-8-22(17)29-23/h1-10,13-15H,11H2,(H,26,27,28). The van der Waals surface area contributed by atoms with Gasteiger partial charge in [-0.2, -0.15) is 5.26 Å². The summed E-state index contributed by atoms with van der Waals surface area (Å²) in [5.74, 6) is 1.24. The van der Waals surface area contributed by atoms with Gasteiger partial charge in [-0.15, -0.1) is 0 Å². The molecule has 0 amide bonds. The monoisotopic (exact) mass is 376 g/mol. The molecule has 0 saturated carbocycles. The van der Waals surface area contributed by atoms with E-state index in [1.165, 1.54) is 0 Å². The number of hydrogen-bond donors (Lipinski definition) is 1. The maximum atomic E-state index is 9.09. The van der Waals surface area contributed by atoms with Crippen molar-refractivity contribution in [2.24, 2.45) is 0 Å². The molecule has 0 atom stereocenters. The van der Waals surface area contributed by atoms with Crippen LogP contribution in [0, 0.1) is 11.3 Å². The van der Waals surface area contributed by atoms with Gasteiger partial charge in [0.05, 0.1) is 23.7 Å². The summed E-state index contributed by atoms with van der Waals surface area (Å²) < 4.78 is 6.07. The first-order valence-corrected chi connectivity index (χ1v) is 9.28. The molecule has 138 valence electrons. The molecule has 0 spiro atoms. The average Bonchev–Trinajstić information content (AvgIpc) is 3.19. The van der Waals surface area contributed by atoms with Gasteiger partial charge in [0.2, 0.25) is 5.95 Å². The van der Waals surface area contributed by atoms with Crippen molar-refractivity contribution in [2.45, 2.75) is 6.42 Å². The first-order valence-electron chi connectivity index (χ1n) is 9.28. The summed E-state index contributed by atoms with van der Waals surface area (Å²) in [5, 5.41) is 14.4. The lowest BCUT2D eigenvalue weighted by atomic mass is 10.0. The molecule has 0 aliphatic carbocycles. The van der Waals surface area contributed by atoms with Crippen LogP contribution < -0.4 is 5.32 Å². The van der Waals surface area contributed by atoms with Gasteiger partial charge in [0.15, 0.2) is 0 Å². The van der Waals surface area contributed by atoms with Crippen molar-refractivity contribution in [3.8, 4) is 17.4 Å². The van der Waals surface area contributed by atoms with Crippen LogP contribution in [0.15, 0.2) is 83.4 Å². The van der Waals surface area contributed by atoms with Crippen LogP contribution in [0.2, 0.25) is 0 Å². The van der Waals surface area contributed by atoms with E-state index in [4.69, 9.17) is 9.68 Å². The number of nitriles is 1. The topological polar surface area (TPSA) is 74.7 Å². The maximum absolute atomic E-state index is 9.09. The average molecular weight is 376 g/mol. The molecule has 0 radical (unpaired) electrons. The van der Waals surface area contributed by atoms with Crippen LogP contribution in [0.1, 0.15) is 5.56 Å². The highest BCUT2D eigenvalue weighted by atomic mass is 16.3. The Morgan fingerprint density at radius 3 is 2.62 bits per heavy atom. The van der Waals surface area contributed by atoms with E-state index in [-0.39, 0.29) is 0 Å². The van der Waals surface area contributed by atoms with Crippen LogP contribution >= 0.6 is 0 Å². The normalized spacial score (nSPS) is 10.9. The molecule has 2 aromatic heterocycles. The lowest BCUT2D eigenvalue weighted by Gasteiger charge is -2.11. The van der Waals surface area contributed by atoms with E-state index >= 15 is 0 Å². The van der Waals surface area contributed by atoms with Crippen LogP contribution in [-0.4, -0.2) is 9.97 Å². The number of hydrogen-bond acceptors (Lipinski definition) is 5. The molecule has 5 heteroatoms. The van der Waals surface area contributed by atoms with Crippen molar-refractivity contribution in [1.29, 1.82) is 5.26 Å². The van der Waals surface area contributed by atoms with Gasteiger partial charge in [-0.25, -0.2) is 9.97 Å². The predicted octanol–water partition coefficient (Wildman–Crippen LogP) is 5.85. The predicted molar refractivity (Wildman–Crippen MR) is 114 cm³/mol. The second kappa shape index (κ2) is 7.10. The fourth-order valence-corrected chi connectivity index (χ4v) is 3.37. The molecule has 0 fully saturated rings. The number of nitrogens with one attached hydrogen (secondary N) is 1. The van der Waals surface area contributed by atoms with E-state index in [9.17, 15) is 0 Å². The van der Waals surface area contributed by atoms with Crippen LogP contribution in [0.3, 0.4) is 0 Å². The SMILES string of the molecule is N#CCc1ccc(Nc2ncc3ccccc3n2)c(-c2cc3ccccc3o2)c1. The summed E-state index contributed by atoms with van der Waals surface area (Å²) in [6, 6.07) is 25.8.